The first kappa shape index (κ1) is 16.7. The van der Waals surface area contributed by atoms with Gasteiger partial charge in [-0.25, -0.2) is 4.79 Å². The SMILES string of the molecule is Cc1cc([C@H](CC=O)NC(=O)OC(C)(C)C)ccc1Br. The van der Waals surface area contributed by atoms with Gasteiger partial charge in [0.1, 0.15) is 11.9 Å². The number of benzene rings is 1. The van der Waals surface area contributed by atoms with E-state index in [0.717, 1.165) is 21.9 Å². The summed E-state index contributed by atoms with van der Waals surface area (Å²) in [5.41, 5.74) is 1.36. The van der Waals surface area contributed by atoms with Gasteiger partial charge in [-0.3, -0.25) is 0 Å². The molecule has 1 aromatic carbocycles. The lowest BCUT2D eigenvalue weighted by Crippen LogP contribution is -2.35. The van der Waals surface area contributed by atoms with Crippen molar-refractivity contribution in [2.24, 2.45) is 0 Å². The van der Waals surface area contributed by atoms with Gasteiger partial charge in [0, 0.05) is 10.9 Å². The fourth-order valence-corrected chi connectivity index (χ4v) is 1.96. The number of hydrogen-bond donors (Lipinski definition) is 1. The molecule has 0 aliphatic heterocycles. The molecule has 0 aliphatic carbocycles. The Hall–Kier alpha value is -1.36. The summed E-state index contributed by atoms with van der Waals surface area (Å²) in [5, 5.41) is 2.73. The molecule has 0 heterocycles. The van der Waals surface area contributed by atoms with Crippen LogP contribution in [0.5, 0.6) is 0 Å². The molecular weight excluding hydrogens is 322 g/mol. The number of nitrogens with one attached hydrogen (secondary N) is 1. The van der Waals surface area contributed by atoms with Crippen molar-refractivity contribution < 1.29 is 14.3 Å². The van der Waals surface area contributed by atoms with E-state index in [0.29, 0.717) is 0 Å². The van der Waals surface area contributed by atoms with Crippen molar-refractivity contribution >= 4 is 28.3 Å². The molecule has 5 heteroatoms. The van der Waals surface area contributed by atoms with Crippen molar-refractivity contribution in [3.63, 3.8) is 0 Å². The Morgan fingerprint density at radius 2 is 2.10 bits per heavy atom. The summed E-state index contributed by atoms with van der Waals surface area (Å²) >= 11 is 3.43. The average molecular weight is 342 g/mol. The number of amides is 1. The minimum absolute atomic E-state index is 0.209. The number of carbonyl (C=O) groups excluding carboxylic acids is 2. The van der Waals surface area contributed by atoms with Gasteiger partial charge in [0.25, 0.3) is 0 Å². The minimum Gasteiger partial charge on any atom is -0.444 e. The van der Waals surface area contributed by atoms with Crippen LogP contribution in [0.1, 0.15) is 44.4 Å². The van der Waals surface area contributed by atoms with Crippen LogP contribution in [0.15, 0.2) is 22.7 Å². The molecule has 0 saturated carbocycles. The van der Waals surface area contributed by atoms with E-state index in [1.54, 1.807) is 20.8 Å². The molecule has 4 nitrogen and oxygen atoms in total. The lowest BCUT2D eigenvalue weighted by atomic mass is 10.0. The third-order valence-electron chi connectivity index (χ3n) is 2.61. The number of ether oxygens (including phenoxy) is 1. The van der Waals surface area contributed by atoms with Crippen molar-refractivity contribution in [1.82, 2.24) is 5.32 Å². The highest BCUT2D eigenvalue weighted by molar-refractivity contribution is 9.10. The van der Waals surface area contributed by atoms with Gasteiger partial charge >= 0.3 is 6.09 Å². The first-order valence-electron chi connectivity index (χ1n) is 6.42. The molecule has 1 atom stereocenters. The third-order valence-corrected chi connectivity index (χ3v) is 3.50. The fourth-order valence-electron chi connectivity index (χ4n) is 1.71. The molecule has 0 spiro atoms. The molecule has 0 saturated heterocycles. The molecule has 1 rings (SSSR count). The quantitative estimate of drug-likeness (QED) is 0.844. The number of aldehydes is 1. The van der Waals surface area contributed by atoms with E-state index in [9.17, 15) is 9.59 Å². The second-order valence-electron chi connectivity index (χ2n) is 5.61. The second kappa shape index (κ2) is 6.88. The lowest BCUT2D eigenvalue weighted by Gasteiger charge is -2.23. The van der Waals surface area contributed by atoms with Gasteiger partial charge in [0.15, 0.2) is 0 Å². The first-order valence-corrected chi connectivity index (χ1v) is 7.21. The Balaban J connectivity index is 2.85. The molecule has 1 aromatic rings. The van der Waals surface area contributed by atoms with E-state index in [-0.39, 0.29) is 12.5 Å². The van der Waals surface area contributed by atoms with Crippen molar-refractivity contribution in [2.45, 2.75) is 45.8 Å². The lowest BCUT2D eigenvalue weighted by molar-refractivity contribution is -0.108. The first-order chi connectivity index (χ1) is 9.23. The summed E-state index contributed by atoms with van der Waals surface area (Å²) in [6, 6.07) is 5.34. The van der Waals surface area contributed by atoms with E-state index in [4.69, 9.17) is 4.74 Å². The van der Waals surface area contributed by atoms with Gasteiger partial charge in [-0.15, -0.1) is 0 Å². The highest BCUT2D eigenvalue weighted by Gasteiger charge is 2.20. The maximum atomic E-state index is 11.8. The van der Waals surface area contributed by atoms with Crippen LogP contribution >= 0.6 is 15.9 Å². The Kier molecular flexibility index (Phi) is 5.74. The summed E-state index contributed by atoms with van der Waals surface area (Å²) < 4.78 is 6.20. The van der Waals surface area contributed by atoms with Crippen LogP contribution in [0.4, 0.5) is 4.79 Å². The van der Waals surface area contributed by atoms with Gasteiger partial charge < -0.3 is 14.8 Å². The van der Waals surface area contributed by atoms with Crippen LogP contribution < -0.4 is 5.32 Å². The maximum Gasteiger partial charge on any atom is 0.408 e. The molecule has 0 aliphatic rings. The van der Waals surface area contributed by atoms with E-state index < -0.39 is 11.7 Å². The van der Waals surface area contributed by atoms with Crippen LogP contribution in [0.25, 0.3) is 0 Å². The number of rotatable bonds is 4. The Morgan fingerprint density at radius 1 is 1.45 bits per heavy atom. The molecule has 0 radical (unpaired) electrons. The number of carbonyl (C=O) groups is 2. The van der Waals surface area contributed by atoms with Gasteiger partial charge in [0.2, 0.25) is 0 Å². The van der Waals surface area contributed by atoms with Crippen molar-refractivity contribution in [3.8, 4) is 0 Å². The van der Waals surface area contributed by atoms with E-state index in [1.165, 1.54) is 0 Å². The van der Waals surface area contributed by atoms with Crippen LogP contribution in [0.2, 0.25) is 0 Å². The Labute approximate surface area is 128 Å². The number of hydrogen-bond acceptors (Lipinski definition) is 3. The van der Waals surface area contributed by atoms with Crippen LogP contribution in [0.3, 0.4) is 0 Å². The van der Waals surface area contributed by atoms with E-state index in [1.807, 2.05) is 25.1 Å². The minimum atomic E-state index is -0.564. The fraction of sp³-hybridized carbons (Fsp3) is 0.467. The van der Waals surface area contributed by atoms with Crippen LogP contribution in [-0.2, 0) is 9.53 Å². The zero-order valence-corrected chi connectivity index (χ0v) is 13.8. The van der Waals surface area contributed by atoms with Gasteiger partial charge in [-0.05, 0) is 44.9 Å². The summed E-state index contributed by atoms with van der Waals surface area (Å²) in [5.74, 6) is 0. The van der Waals surface area contributed by atoms with Crippen molar-refractivity contribution in [2.75, 3.05) is 0 Å². The number of halogens is 1. The third kappa shape index (κ3) is 5.33. The predicted molar refractivity (Wildman–Crippen MR) is 81.7 cm³/mol. The standard InChI is InChI=1S/C15H20BrNO3/c1-10-9-11(5-6-12(10)16)13(7-8-18)17-14(19)20-15(2,3)4/h5-6,8-9,13H,7H2,1-4H3,(H,17,19)/t13-/m0/s1. The highest BCUT2D eigenvalue weighted by atomic mass is 79.9. The van der Waals surface area contributed by atoms with E-state index in [2.05, 4.69) is 21.2 Å². The summed E-state index contributed by atoms with van der Waals surface area (Å²) in [6.07, 6.45) is 0.477. The zero-order valence-electron chi connectivity index (χ0n) is 12.2. The van der Waals surface area contributed by atoms with Crippen molar-refractivity contribution in [3.05, 3.63) is 33.8 Å². The largest absolute Gasteiger partial charge is 0.444 e. The molecular formula is C15H20BrNO3. The van der Waals surface area contributed by atoms with Gasteiger partial charge in [0.05, 0.1) is 6.04 Å². The van der Waals surface area contributed by atoms with E-state index >= 15 is 0 Å². The Morgan fingerprint density at radius 3 is 2.60 bits per heavy atom. The average Bonchev–Trinajstić information content (AvgIpc) is 2.30. The van der Waals surface area contributed by atoms with Crippen LogP contribution in [-0.4, -0.2) is 18.0 Å². The maximum absolute atomic E-state index is 11.8. The topological polar surface area (TPSA) is 55.4 Å². The molecule has 0 bridgehead atoms. The molecule has 20 heavy (non-hydrogen) atoms. The predicted octanol–water partition coefficient (Wildman–Crippen LogP) is 3.91. The van der Waals surface area contributed by atoms with Gasteiger partial charge in [-0.1, -0.05) is 28.1 Å². The Bertz CT molecular complexity index is 494. The summed E-state index contributed by atoms with van der Waals surface area (Å²) in [7, 11) is 0. The molecule has 0 aromatic heterocycles. The number of aryl methyl sites for hydroxylation is 1. The molecule has 0 fully saturated rings. The molecule has 1 N–H and O–H groups in total. The molecule has 110 valence electrons. The second-order valence-corrected chi connectivity index (χ2v) is 6.46. The highest BCUT2D eigenvalue weighted by Crippen LogP contribution is 2.23. The zero-order chi connectivity index (χ0) is 15.3. The normalized spacial score (nSPS) is 12.7. The van der Waals surface area contributed by atoms with Gasteiger partial charge in [-0.2, -0.15) is 0 Å². The smallest absolute Gasteiger partial charge is 0.408 e. The molecule has 0 unspecified atom stereocenters. The summed E-state index contributed by atoms with van der Waals surface area (Å²) in [6.45, 7) is 7.35. The van der Waals surface area contributed by atoms with Crippen molar-refractivity contribution in [1.29, 1.82) is 0 Å². The number of alkyl carbamates (subject to hydrolysis) is 1. The monoisotopic (exact) mass is 341 g/mol. The summed E-state index contributed by atoms with van der Waals surface area (Å²) in [4.78, 5) is 22.6. The van der Waals surface area contributed by atoms with Crippen LogP contribution in [0, 0.1) is 6.92 Å². The molecule has 1 amide bonds.